The Kier molecular flexibility index (Phi) is 4.41. The standard InChI is InChI=1S/C14H10F2O5S/c1-20-14(17)9-3-2-4-11(7-9)22(18,19)21-10-5-6-12(15)13(16)8-10/h2-8H,1H3. The molecule has 2 aromatic rings. The van der Waals surface area contributed by atoms with Crippen LogP contribution in [0.3, 0.4) is 0 Å². The highest BCUT2D eigenvalue weighted by Crippen LogP contribution is 2.21. The van der Waals surface area contributed by atoms with E-state index in [1.54, 1.807) is 0 Å². The van der Waals surface area contributed by atoms with Gasteiger partial charge in [0, 0.05) is 6.07 Å². The first-order valence-corrected chi connectivity index (χ1v) is 7.32. The van der Waals surface area contributed by atoms with Gasteiger partial charge in [0.1, 0.15) is 10.6 Å². The van der Waals surface area contributed by atoms with Crippen molar-refractivity contribution in [3.05, 3.63) is 59.7 Å². The van der Waals surface area contributed by atoms with Crippen LogP contribution in [-0.2, 0) is 14.9 Å². The number of hydrogen-bond donors (Lipinski definition) is 0. The summed E-state index contributed by atoms with van der Waals surface area (Å²) in [5.41, 5.74) is 0.0115. The van der Waals surface area contributed by atoms with Gasteiger partial charge in [-0.25, -0.2) is 13.6 Å². The predicted octanol–water partition coefficient (Wildman–Crippen LogP) is 2.52. The smallest absolute Gasteiger partial charge is 0.339 e. The summed E-state index contributed by atoms with van der Waals surface area (Å²) in [6, 6.07) is 7.26. The number of halogens is 2. The topological polar surface area (TPSA) is 69.7 Å². The lowest BCUT2D eigenvalue weighted by molar-refractivity contribution is 0.0600. The number of esters is 1. The molecule has 0 saturated carbocycles. The van der Waals surface area contributed by atoms with E-state index in [2.05, 4.69) is 4.74 Å². The van der Waals surface area contributed by atoms with Gasteiger partial charge in [-0.2, -0.15) is 8.42 Å². The Labute approximate surface area is 125 Å². The summed E-state index contributed by atoms with van der Waals surface area (Å²) >= 11 is 0. The maximum atomic E-state index is 13.1. The highest BCUT2D eigenvalue weighted by molar-refractivity contribution is 7.87. The van der Waals surface area contributed by atoms with Crippen LogP contribution in [0, 0.1) is 11.6 Å². The first kappa shape index (κ1) is 15.9. The van der Waals surface area contributed by atoms with Crippen molar-refractivity contribution in [2.45, 2.75) is 4.90 Å². The molecular weight excluding hydrogens is 318 g/mol. The maximum absolute atomic E-state index is 13.1. The van der Waals surface area contributed by atoms with Gasteiger partial charge in [-0.1, -0.05) is 6.07 Å². The van der Waals surface area contributed by atoms with Crippen molar-refractivity contribution in [2.24, 2.45) is 0 Å². The van der Waals surface area contributed by atoms with E-state index in [9.17, 15) is 22.0 Å². The summed E-state index contributed by atoms with van der Waals surface area (Å²) in [7, 11) is -3.15. The zero-order chi connectivity index (χ0) is 16.3. The molecule has 0 spiro atoms. The molecule has 0 aliphatic rings. The van der Waals surface area contributed by atoms with Crippen molar-refractivity contribution >= 4 is 16.1 Å². The molecule has 0 N–H and O–H groups in total. The molecular formula is C14H10F2O5S. The monoisotopic (exact) mass is 328 g/mol. The quantitative estimate of drug-likeness (QED) is 0.637. The van der Waals surface area contributed by atoms with E-state index in [-0.39, 0.29) is 16.2 Å². The van der Waals surface area contributed by atoms with Crippen molar-refractivity contribution in [3.8, 4) is 5.75 Å². The summed E-state index contributed by atoms with van der Waals surface area (Å²) in [6.45, 7) is 0. The minimum atomic E-state index is -4.30. The second-order valence-corrected chi connectivity index (χ2v) is 5.68. The zero-order valence-corrected chi connectivity index (χ0v) is 12.1. The number of rotatable bonds is 4. The first-order valence-electron chi connectivity index (χ1n) is 5.91. The zero-order valence-electron chi connectivity index (χ0n) is 11.2. The van der Waals surface area contributed by atoms with Gasteiger partial charge in [-0.3, -0.25) is 0 Å². The molecule has 0 radical (unpaired) electrons. The fraction of sp³-hybridized carbons (Fsp3) is 0.0714. The Balaban J connectivity index is 2.34. The van der Waals surface area contributed by atoms with Gasteiger partial charge in [0.25, 0.3) is 0 Å². The summed E-state index contributed by atoms with van der Waals surface area (Å²) in [5, 5.41) is 0. The Hall–Kier alpha value is -2.48. The van der Waals surface area contributed by atoms with Crippen LogP contribution in [0.15, 0.2) is 47.4 Å². The van der Waals surface area contributed by atoms with E-state index in [1.807, 2.05) is 0 Å². The van der Waals surface area contributed by atoms with Crippen LogP contribution >= 0.6 is 0 Å². The molecule has 5 nitrogen and oxygen atoms in total. The molecule has 2 rings (SSSR count). The fourth-order valence-corrected chi connectivity index (χ4v) is 2.57. The summed E-state index contributed by atoms with van der Waals surface area (Å²) in [6.07, 6.45) is 0. The Bertz CT molecular complexity index is 818. The molecule has 0 aliphatic carbocycles. The Morgan fingerprint density at radius 3 is 2.41 bits per heavy atom. The first-order chi connectivity index (χ1) is 10.3. The summed E-state index contributed by atoms with van der Waals surface area (Å²) < 4.78 is 59.2. The second-order valence-electron chi connectivity index (χ2n) is 4.13. The lowest BCUT2D eigenvalue weighted by Crippen LogP contribution is -2.11. The third kappa shape index (κ3) is 3.40. The molecule has 116 valence electrons. The molecule has 0 amide bonds. The van der Waals surface area contributed by atoms with Crippen molar-refractivity contribution in [1.29, 1.82) is 0 Å². The van der Waals surface area contributed by atoms with E-state index >= 15 is 0 Å². The molecule has 0 unspecified atom stereocenters. The minimum absolute atomic E-state index is 0.0115. The van der Waals surface area contributed by atoms with Crippen LogP contribution in [0.1, 0.15) is 10.4 Å². The summed E-state index contributed by atoms with van der Waals surface area (Å²) in [4.78, 5) is 11.1. The minimum Gasteiger partial charge on any atom is -0.465 e. The molecule has 0 bridgehead atoms. The molecule has 0 fully saturated rings. The van der Waals surface area contributed by atoms with E-state index in [4.69, 9.17) is 4.18 Å². The molecule has 0 saturated heterocycles. The third-order valence-corrected chi connectivity index (χ3v) is 3.88. The molecule has 0 aromatic heterocycles. The van der Waals surface area contributed by atoms with Crippen LogP contribution in [0.4, 0.5) is 8.78 Å². The number of hydrogen-bond acceptors (Lipinski definition) is 5. The van der Waals surface area contributed by atoms with Gasteiger partial charge in [-0.05, 0) is 30.3 Å². The van der Waals surface area contributed by atoms with Crippen molar-refractivity contribution in [2.75, 3.05) is 7.11 Å². The summed E-state index contributed by atoms with van der Waals surface area (Å²) in [5.74, 6) is -3.47. The van der Waals surface area contributed by atoms with Gasteiger partial charge in [0.15, 0.2) is 11.6 Å². The largest absolute Gasteiger partial charge is 0.465 e. The van der Waals surface area contributed by atoms with Crippen molar-refractivity contribution in [1.82, 2.24) is 0 Å². The average molecular weight is 328 g/mol. The van der Waals surface area contributed by atoms with Crippen molar-refractivity contribution < 1.29 is 30.9 Å². The number of benzene rings is 2. The van der Waals surface area contributed by atoms with Crippen LogP contribution in [-0.4, -0.2) is 21.5 Å². The average Bonchev–Trinajstić information content (AvgIpc) is 2.50. The van der Waals surface area contributed by atoms with Gasteiger partial charge < -0.3 is 8.92 Å². The highest BCUT2D eigenvalue weighted by Gasteiger charge is 2.19. The highest BCUT2D eigenvalue weighted by atomic mass is 32.2. The number of methoxy groups -OCH3 is 1. The van der Waals surface area contributed by atoms with Crippen molar-refractivity contribution in [3.63, 3.8) is 0 Å². The molecule has 2 aromatic carbocycles. The fourth-order valence-electron chi connectivity index (χ4n) is 1.60. The number of carbonyl (C=O) groups is 1. The molecule has 0 aliphatic heterocycles. The van der Waals surface area contributed by atoms with E-state index in [0.29, 0.717) is 6.07 Å². The molecule has 22 heavy (non-hydrogen) atoms. The predicted molar refractivity (Wildman–Crippen MR) is 72.0 cm³/mol. The van der Waals surface area contributed by atoms with Gasteiger partial charge in [-0.15, -0.1) is 0 Å². The van der Waals surface area contributed by atoms with Gasteiger partial charge in [0.2, 0.25) is 0 Å². The third-order valence-electron chi connectivity index (χ3n) is 2.64. The van der Waals surface area contributed by atoms with Crippen LogP contribution in [0.25, 0.3) is 0 Å². The van der Waals surface area contributed by atoms with E-state index in [0.717, 1.165) is 25.3 Å². The van der Waals surface area contributed by atoms with Gasteiger partial charge in [0.05, 0.1) is 12.7 Å². The number of ether oxygens (including phenoxy) is 1. The second kappa shape index (κ2) is 6.10. The van der Waals surface area contributed by atoms with E-state index in [1.165, 1.54) is 18.2 Å². The van der Waals surface area contributed by atoms with Crippen LogP contribution in [0.5, 0.6) is 5.75 Å². The molecule has 8 heteroatoms. The molecule has 0 atom stereocenters. The normalized spacial score (nSPS) is 11.0. The van der Waals surface area contributed by atoms with Gasteiger partial charge >= 0.3 is 16.1 Å². The SMILES string of the molecule is COC(=O)c1cccc(S(=O)(=O)Oc2ccc(F)c(F)c2)c1. The van der Waals surface area contributed by atoms with E-state index < -0.39 is 27.7 Å². The Morgan fingerprint density at radius 1 is 1.05 bits per heavy atom. The number of carbonyl (C=O) groups excluding carboxylic acids is 1. The maximum Gasteiger partial charge on any atom is 0.339 e. The molecule has 0 heterocycles. The van der Waals surface area contributed by atoms with Crippen LogP contribution in [0.2, 0.25) is 0 Å². The van der Waals surface area contributed by atoms with Crippen LogP contribution < -0.4 is 4.18 Å². The lowest BCUT2D eigenvalue weighted by atomic mass is 10.2. The Morgan fingerprint density at radius 2 is 1.77 bits per heavy atom. The lowest BCUT2D eigenvalue weighted by Gasteiger charge is -2.08.